The normalized spacial score (nSPS) is 19.1. The van der Waals surface area contributed by atoms with Gasteiger partial charge in [0, 0.05) is 42.5 Å². The maximum atomic E-state index is 12.5. The van der Waals surface area contributed by atoms with Crippen LogP contribution in [0, 0.1) is 6.92 Å². The third kappa shape index (κ3) is 2.72. The Kier molecular flexibility index (Phi) is 3.78. The third-order valence-electron chi connectivity index (χ3n) is 3.67. The van der Waals surface area contributed by atoms with Crippen LogP contribution in [0.2, 0.25) is 0 Å². The molecule has 0 aliphatic carbocycles. The van der Waals surface area contributed by atoms with Gasteiger partial charge in [-0.25, -0.2) is 4.98 Å². The van der Waals surface area contributed by atoms with Crippen molar-refractivity contribution in [3.63, 3.8) is 0 Å². The summed E-state index contributed by atoms with van der Waals surface area (Å²) in [5.74, 6) is 0.463. The molecule has 3 rings (SSSR count). The summed E-state index contributed by atoms with van der Waals surface area (Å²) in [7, 11) is 0. The molecule has 1 aliphatic heterocycles. The van der Waals surface area contributed by atoms with Gasteiger partial charge in [0.2, 0.25) is 0 Å². The van der Waals surface area contributed by atoms with Crippen LogP contribution >= 0.6 is 11.3 Å². The van der Waals surface area contributed by atoms with Gasteiger partial charge in [0.15, 0.2) is 0 Å². The molecule has 0 aromatic carbocycles. The van der Waals surface area contributed by atoms with Crippen LogP contribution in [0.25, 0.3) is 0 Å². The molecule has 0 saturated carbocycles. The van der Waals surface area contributed by atoms with Gasteiger partial charge >= 0.3 is 0 Å². The van der Waals surface area contributed by atoms with Crippen molar-refractivity contribution in [2.75, 3.05) is 13.1 Å². The van der Waals surface area contributed by atoms with Crippen molar-refractivity contribution in [2.24, 2.45) is 0 Å². The van der Waals surface area contributed by atoms with Crippen molar-refractivity contribution in [3.05, 3.63) is 46.2 Å². The van der Waals surface area contributed by atoms with E-state index in [2.05, 4.69) is 9.97 Å². The van der Waals surface area contributed by atoms with Crippen LogP contribution in [0.3, 0.4) is 0 Å². The number of carbonyl (C=O) groups is 1. The average Bonchev–Trinajstić information content (AvgIpc) is 3.02. The van der Waals surface area contributed by atoms with Gasteiger partial charge in [-0.3, -0.25) is 9.78 Å². The number of piperidine rings is 1. The van der Waals surface area contributed by atoms with Crippen LogP contribution in [0.5, 0.6) is 0 Å². The number of hydrogen-bond acceptors (Lipinski definition) is 4. The van der Waals surface area contributed by atoms with Crippen molar-refractivity contribution in [2.45, 2.75) is 25.7 Å². The van der Waals surface area contributed by atoms with Crippen LogP contribution < -0.4 is 0 Å². The Hall–Kier alpha value is -1.75. The second-order valence-electron chi connectivity index (χ2n) is 5.15. The fourth-order valence-corrected chi connectivity index (χ4v) is 3.34. The summed E-state index contributed by atoms with van der Waals surface area (Å²) >= 11 is 1.68. The molecule has 0 bridgehead atoms. The fourth-order valence-electron chi connectivity index (χ4n) is 2.58. The first-order valence-corrected chi connectivity index (χ1v) is 7.73. The molecule has 5 heteroatoms. The van der Waals surface area contributed by atoms with E-state index in [-0.39, 0.29) is 5.91 Å². The van der Waals surface area contributed by atoms with E-state index in [0.717, 1.165) is 36.6 Å². The summed E-state index contributed by atoms with van der Waals surface area (Å²) in [6.45, 7) is 3.52. The maximum Gasteiger partial charge on any atom is 0.255 e. The lowest BCUT2D eigenvalue weighted by atomic mass is 9.98. The van der Waals surface area contributed by atoms with E-state index in [1.54, 1.807) is 17.5 Å². The Bertz CT molecular complexity index is 580. The molecule has 3 heterocycles. The van der Waals surface area contributed by atoms with E-state index in [1.807, 2.05) is 35.5 Å². The maximum absolute atomic E-state index is 12.5. The molecule has 2 aromatic rings. The van der Waals surface area contributed by atoms with Crippen molar-refractivity contribution in [3.8, 4) is 0 Å². The van der Waals surface area contributed by atoms with E-state index in [4.69, 9.17) is 0 Å². The van der Waals surface area contributed by atoms with Gasteiger partial charge in [-0.15, -0.1) is 11.3 Å². The summed E-state index contributed by atoms with van der Waals surface area (Å²) in [5, 5.41) is 3.14. The van der Waals surface area contributed by atoms with Gasteiger partial charge < -0.3 is 4.90 Å². The molecule has 0 unspecified atom stereocenters. The SMILES string of the molecule is Cc1ccc(C(=O)N2CCC[C@H](c3nccs3)C2)cn1. The Labute approximate surface area is 122 Å². The molecular formula is C15H17N3OS. The number of amides is 1. The van der Waals surface area contributed by atoms with E-state index < -0.39 is 0 Å². The first kappa shape index (κ1) is 13.2. The number of likely N-dealkylation sites (tertiary alicyclic amines) is 1. The summed E-state index contributed by atoms with van der Waals surface area (Å²) in [5.41, 5.74) is 1.61. The van der Waals surface area contributed by atoms with Gasteiger partial charge in [-0.05, 0) is 31.9 Å². The number of hydrogen-bond donors (Lipinski definition) is 0. The van der Waals surface area contributed by atoms with Gasteiger partial charge in [0.1, 0.15) is 0 Å². The molecule has 1 amide bonds. The lowest BCUT2D eigenvalue weighted by Gasteiger charge is -2.31. The fraction of sp³-hybridized carbons (Fsp3) is 0.400. The quantitative estimate of drug-likeness (QED) is 0.853. The predicted molar refractivity (Wildman–Crippen MR) is 79.0 cm³/mol. The highest BCUT2D eigenvalue weighted by Gasteiger charge is 2.26. The molecule has 0 spiro atoms. The molecule has 1 saturated heterocycles. The molecule has 4 nitrogen and oxygen atoms in total. The second kappa shape index (κ2) is 5.71. The summed E-state index contributed by atoms with van der Waals surface area (Å²) < 4.78 is 0. The number of carbonyl (C=O) groups excluding carboxylic acids is 1. The van der Waals surface area contributed by atoms with Crippen molar-refractivity contribution < 1.29 is 4.79 Å². The highest BCUT2D eigenvalue weighted by atomic mass is 32.1. The molecular weight excluding hydrogens is 270 g/mol. The predicted octanol–water partition coefficient (Wildman–Crippen LogP) is 2.87. The van der Waals surface area contributed by atoms with E-state index >= 15 is 0 Å². The average molecular weight is 287 g/mol. The minimum absolute atomic E-state index is 0.0822. The number of pyridine rings is 1. The minimum atomic E-state index is 0.0822. The van der Waals surface area contributed by atoms with Crippen molar-refractivity contribution >= 4 is 17.2 Å². The Morgan fingerprint density at radius 1 is 1.40 bits per heavy atom. The van der Waals surface area contributed by atoms with Gasteiger partial charge in [-0.1, -0.05) is 0 Å². The highest BCUT2D eigenvalue weighted by molar-refractivity contribution is 7.09. The largest absolute Gasteiger partial charge is 0.338 e. The van der Waals surface area contributed by atoms with Crippen LogP contribution in [-0.2, 0) is 0 Å². The monoisotopic (exact) mass is 287 g/mol. The van der Waals surface area contributed by atoms with Crippen LogP contribution in [-0.4, -0.2) is 33.9 Å². The molecule has 1 fully saturated rings. The number of rotatable bonds is 2. The lowest BCUT2D eigenvalue weighted by Crippen LogP contribution is -2.39. The summed E-state index contributed by atoms with van der Waals surface area (Å²) in [6.07, 6.45) is 5.66. The Morgan fingerprint density at radius 3 is 3.00 bits per heavy atom. The van der Waals surface area contributed by atoms with Gasteiger partial charge in [0.25, 0.3) is 5.91 Å². The topological polar surface area (TPSA) is 46.1 Å². The Morgan fingerprint density at radius 2 is 2.30 bits per heavy atom. The third-order valence-corrected chi connectivity index (χ3v) is 4.61. The van der Waals surface area contributed by atoms with E-state index in [0.29, 0.717) is 11.5 Å². The lowest BCUT2D eigenvalue weighted by molar-refractivity contribution is 0.0706. The number of nitrogens with zero attached hydrogens (tertiary/aromatic N) is 3. The van der Waals surface area contributed by atoms with E-state index in [1.165, 1.54) is 0 Å². The second-order valence-corrected chi connectivity index (χ2v) is 6.08. The summed E-state index contributed by atoms with van der Waals surface area (Å²) in [6, 6.07) is 3.74. The van der Waals surface area contributed by atoms with Crippen molar-refractivity contribution in [1.82, 2.24) is 14.9 Å². The minimum Gasteiger partial charge on any atom is -0.338 e. The zero-order valence-electron chi connectivity index (χ0n) is 11.5. The smallest absolute Gasteiger partial charge is 0.255 e. The zero-order chi connectivity index (χ0) is 13.9. The van der Waals surface area contributed by atoms with E-state index in [9.17, 15) is 4.79 Å². The molecule has 0 N–H and O–H groups in total. The van der Waals surface area contributed by atoms with Crippen LogP contribution in [0.1, 0.15) is 39.8 Å². The van der Waals surface area contributed by atoms with Crippen LogP contribution in [0.4, 0.5) is 0 Å². The molecule has 1 aliphatic rings. The molecule has 104 valence electrons. The molecule has 20 heavy (non-hydrogen) atoms. The first-order chi connectivity index (χ1) is 9.74. The number of thiazole rings is 1. The molecule has 0 radical (unpaired) electrons. The Balaban J connectivity index is 1.73. The number of aryl methyl sites for hydroxylation is 1. The standard InChI is InChI=1S/C15H17N3OS/c1-11-4-5-12(9-17-11)15(19)18-7-2-3-13(10-18)14-16-6-8-20-14/h4-6,8-9,13H,2-3,7,10H2,1H3/t13-/m0/s1. The highest BCUT2D eigenvalue weighted by Crippen LogP contribution is 2.28. The van der Waals surface area contributed by atoms with Crippen LogP contribution in [0.15, 0.2) is 29.9 Å². The van der Waals surface area contributed by atoms with Gasteiger partial charge in [-0.2, -0.15) is 0 Å². The zero-order valence-corrected chi connectivity index (χ0v) is 12.3. The molecule has 1 atom stereocenters. The first-order valence-electron chi connectivity index (χ1n) is 6.85. The molecule has 2 aromatic heterocycles. The van der Waals surface area contributed by atoms with Gasteiger partial charge in [0.05, 0.1) is 10.6 Å². The number of aromatic nitrogens is 2. The summed E-state index contributed by atoms with van der Waals surface area (Å²) in [4.78, 5) is 23.0. The van der Waals surface area contributed by atoms with Crippen molar-refractivity contribution in [1.29, 1.82) is 0 Å².